The van der Waals surface area contributed by atoms with Gasteiger partial charge in [-0.25, -0.2) is 4.39 Å². The first-order valence-corrected chi connectivity index (χ1v) is 4.24. The van der Waals surface area contributed by atoms with Gasteiger partial charge in [0.05, 0.1) is 13.2 Å². The zero-order chi connectivity index (χ0) is 9.97. The lowest BCUT2D eigenvalue weighted by atomic mass is 10.2. The van der Waals surface area contributed by atoms with E-state index < -0.39 is 5.82 Å². The summed E-state index contributed by atoms with van der Waals surface area (Å²) in [4.78, 5) is 0. The molecule has 0 bridgehead atoms. The predicted octanol–water partition coefficient (Wildman–Crippen LogP) is 1.47. The molecule has 4 heteroatoms. The van der Waals surface area contributed by atoms with Gasteiger partial charge in [-0.2, -0.15) is 5.26 Å². The number of nitrogens with zero attached hydrogens (tertiary/aromatic N) is 1. The second-order valence-electron chi connectivity index (χ2n) is 3.00. The van der Waals surface area contributed by atoms with Gasteiger partial charge >= 0.3 is 0 Å². The molecule has 1 aliphatic heterocycles. The van der Waals surface area contributed by atoms with Gasteiger partial charge in [-0.15, -0.1) is 0 Å². The average molecular weight is 193 g/mol. The van der Waals surface area contributed by atoms with Gasteiger partial charge in [0, 0.05) is 0 Å². The van der Waals surface area contributed by atoms with Gasteiger partial charge in [-0.1, -0.05) is 6.07 Å². The van der Waals surface area contributed by atoms with Crippen LogP contribution in [0.25, 0.3) is 0 Å². The molecule has 1 aromatic rings. The van der Waals surface area contributed by atoms with Gasteiger partial charge in [-0.05, 0) is 12.1 Å². The second-order valence-corrected chi connectivity index (χ2v) is 3.00. The van der Waals surface area contributed by atoms with Crippen LogP contribution in [0.4, 0.5) is 4.39 Å². The number of rotatable bonds is 2. The number of hydrogen-bond donors (Lipinski definition) is 0. The van der Waals surface area contributed by atoms with E-state index in [2.05, 4.69) is 0 Å². The maximum absolute atomic E-state index is 13.1. The molecule has 2 rings (SSSR count). The highest BCUT2D eigenvalue weighted by molar-refractivity contribution is 5.43. The maximum atomic E-state index is 13.1. The first kappa shape index (κ1) is 8.97. The molecule has 0 radical (unpaired) electrons. The second kappa shape index (κ2) is 3.64. The van der Waals surface area contributed by atoms with Gasteiger partial charge in [-0.3, -0.25) is 0 Å². The van der Waals surface area contributed by atoms with Crippen molar-refractivity contribution in [3.05, 3.63) is 29.6 Å². The zero-order valence-corrected chi connectivity index (χ0v) is 7.37. The Bertz CT molecular complexity index is 382. The Morgan fingerprint density at radius 2 is 2.29 bits per heavy atom. The molecule has 0 aliphatic carbocycles. The van der Waals surface area contributed by atoms with Gasteiger partial charge in [0.15, 0.2) is 0 Å². The summed E-state index contributed by atoms with van der Waals surface area (Å²) in [5.41, 5.74) is -0.0422. The molecule has 1 aromatic carbocycles. The van der Waals surface area contributed by atoms with Crippen LogP contribution in [0.1, 0.15) is 5.56 Å². The topological polar surface area (TPSA) is 42.2 Å². The fourth-order valence-electron chi connectivity index (χ4n) is 1.17. The summed E-state index contributed by atoms with van der Waals surface area (Å²) in [7, 11) is 0. The average Bonchev–Trinajstić information content (AvgIpc) is 2.11. The Hall–Kier alpha value is -1.60. The summed E-state index contributed by atoms with van der Waals surface area (Å²) in [6.07, 6.45) is -0.0519. The minimum atomic E-state index is -0.551. The summed E-state index contributed by atoms with van der Waals surface area (Å²) >= 11 is 0. The summed E-state index contributed by atoms with van der Waals surface area (Å²) < 4.78 is 23.4. The number of halogens is 1. The highest BCUT2D eigenvalue weighted by Gasteiger charge is 2.22. The highest BCUT2D eigenvalue weighted by atomic mass is 19.1. The van der Waals surface area contributed by atoms with Crippen LogP contribution in [0.15, 0.2) is 18.2 Å². The molecule has 0 spiro atoms. The normalized spacial score (nSPS) is 15.7. The van der Waals surface area contributed by atoms with Crippen LogP contribution in [0.3, 0.4) is 0 Å². The molecule has 1 heterocycles. The Morgan fingerprint density at radius 1 is 1.50 bits per heavy atom. The quantitative estimate of drug-likeness (QED) is 0.714. The summed E-state index contributed by atoms with van der Waals surface area (Å²) in [5, 5.41) is 8.70. The molecule has 1 saturated heterocycles. The van der Waals surface area contributed by atoms with Crippen molar-refractivity contribution < 1.29 is 13.9 Å². The summed E-state index contributed by atoms with van der Waals surface area (Å²) in [6, 6.07) is 6.12. The fraction of sp³-hybridized carbons (Fsp3) is 0.300. The monoisotopic (exact) mass is 193 g/mol. The van der Waals surface area contributed by atoms with E-state index in [0.29, 0.717) is 19.0 Å². The van der Waals surface area contributed by atoms with Gasteiger partial charge in [0.1, 0.15) is 29.3 Å². The van der Waals surface area contributed by atoms with Crippen molar-refractivity contribution in [2.75, 3.05) is 13.2 Å². The Labute approximate surface area is 80.7 Å². The first-order chi connectivity index (χ1) is 6.81. The summed E-state index contributed by atoms with van der Waals surface area (Å²) in [5.74, 6) is -0.258. The van der Waals surface area contributed by atoms with Gasteiger partial charge in [0.2, 0.25) is 0 Å². The fourth-order valence-corrected chi connectivity index (χ4v) is 1.17. The maximum Gasteiger partial charge on any atom is 0.145 e. The Kier molecular flexibility index (Phi) is 2.33. The predicted molar refractivity (Wildman–Crippen MR) is 46.4 cm³/mol. The van der Waals surface area contributed by atoms with E-state index in [9.17, 15) is 4.39 Å². The molecule has 0 unspecified atom stereocenters. The minimum Gasteiger partial charge on any atom is -0.484 e. The van der Waals surface area contributed by atoms with Crippen LogP contribution < -0.4 is 4.74 Å². The molecule has 14 heavy (non-hydrogen) atoms. The zero-order valence-electron chi connectivity index (χ0n) is 7.37. The third-order valence-corrected chi connectivity index (χ3v) is 1.99. The van der Waals surface area contributed by atoms with Gasteiger partial charge in [0.25, 0.3) is 0 Å². The van der Waals surface area contributed by atoms with E-state index in [1.54, 1.807) is 12.1 Å². The summed E-state index contributed by atoms with van der Waals surface area (Å²) in [6.45, 7) is 1.00. The van der Waals surface area contributed by atoms with Crippen LogP contribution in [0.2, 0.25) is 0 Å². The van der Waals surface area contributed by atoms with Crippen LogP contribution in [-0.4, -0.2) is 19.3 Å². The Balaban J connectivity index is 2.23. The number of nitriles is 1. The number of benzene rings is 1. The molecule has 0 amide bonds. The van der Waals surface area contributed by atoms with Crippen LogP contribution in [-0.2, 0) is 4.74 Å². The highest BCUT2D eigenvalue weighted by Crippen LogP contribution is 2.23. The lowest BCUT2D eigenvalue weighted by Gasteiger charge is -2.27. The molecule has 3 nitrogen and oxygen atoms in total. The van der Waals surface area contributed by atoms with Crippen molar-refractivity contribution in [2.24, 2.45) is 0 Å². The van der Waals surface area contributed by atoms with E-state index in [4.69, 9.17) is 14.7 Å². The standard InChI is InChI=1S/C10H8FNO2/c11-9-2-1-3-10(8(9)4-12)14-7-5-13-6-7/h1-3,7H,5-6H2. The SMILES string of the molecule is N#Cc1c(F)cccc1OC1COC1. The van der Waals surface area contributed by atoms with Crippen molar-refractivity contribution >= 4 is 0 Å². The smallest absolute Gasteiger partial charge is 0.145 e. The molecule has 72 valence electrons. The van der Waals surface area contributed by atoms with Crippen LogP contribution in [0, 0.1) is 17.1 Å². The molecule has 0 saturated carbocycles. The van der Waals surface area contributed by atoms with Crippen molar-refractivity contribution in [1.82, 2.24) is 0 Å². The van der Waals surface area contributed by atoms with Crippen molar-refractivity contribution in [1.29, 1.82) is 5.26 Å². The molecular weight excluding hydrogens is 185 g/mol. The third-order valence-electron chi connectivity index (χ3n) is 1.99. The molecule has 0 aromatic heterocycles. The molecule has 0 atom stereocenters. The van der Waals surface area contributed by atoms with E-state index in [1.165, 1.54) is 12.1 Å². The molecule has 0 N–H and O–H groups in total. The van der Waals surface area contributed by atoms with E-state index in [1.807, 2.05) is 0 Å². The number of ether oxygens (including phenoxy) is 2. The van der Waals surface area contributed by atoms with E-state index >= 15 is 0 Å². The van der Waals surface area contributed by atoms with Gasteiger partial charge < -0.3 is 9.47 Å². The Morgan fingerprint density at radius 3 is 2.86 bits per heavy atom. The van der Waals surface area contributed by atoms with E-state index in [-0.39, 0.29) is 11.7 Å². The van der Waals surface area contributed by atoms with Crippen molar-refractivity contribution in [3.8, 4) is 11.8 Å². The largest absolute Gasteiger partial charge is 0.484 e. The van der Waals surface area contributed by atoms with Crippen LogP contribution in [0.5, 0.6) is 5.75 Å². The number of hydrogen-bond acceptors (Lipinski definition) is 3. The lowest BCUT2D eigenvalue weighted by Crippen LogP contribution is -2.38. The first-order valence-electron chi connectivity index (χ1n) is 4.24. The molecule has 1 aliphatic rings. The molecular formula is C10H8FNO2. The van der Waals surface area contributed by atoms with Crippen molar-refractivity contribution in [3.63, 3.8) is 0 Å². The van der Waals surface area contributed by atoms with Crippen molar-refractivity contribution in [2.45, 2.75) is 6.10 Å². The third kappa shape index (κ3) is 1.54. The lowest BCUT2D eigenvalue weighted by molar-refractivity contribution is -0.0798. The van der Waals surface area contributed by atoms with E-state index in [0.717, 1.165) is 0 Å². The van der Waals surface area contributed by atoms with Crippen LogP contribution >= 0.6 is 0 Å². The minimum absolute atomic E-state index is 0.0422. The molecule has 1 fully saturated rings.